The van der Waals surface area contributed by atoms with Crippen molar-refractivity contribution in [3.63, 3.8) is 0 Å². The molecule has 3 aromatic rings. The van der Waals surface area contributed by atoms with Gasteiger partial charge in [-0.1, -0.05) is 0 Å². The number of sulfonamides is 1. The summed E-state index contributed by atoms with van der Waals surface area (Å²) in [4.78, 5) is 22.7. The van der Waals surface area contributed by atoms with Gasteiger partial charge in [-0.05, 0) is 26.2 Å². The Balaban J connectivity index is 1.95. The second kappa shape index (κ2) is 15.1. The molecule has 0 aliphatic rings. The van der Waals surface area contributed by atoms with E-state index in [1.54, 1.807) is 11.9 Å². The van der Waals surface area contributed by atoms with Crippen molar-refractivity contribution in [2.75, 3.05) is 83.4 Å². The zero-order valence-electron chi connectivity index (χ0n) is 25.9. The van der Waals surface area contributed by atoms with Crippen LogP contribution in [0.4, 0.5) is 47.7 Å². The molecule has 0 saturated heterocycles. The van der Waals surface area contributed by atoms with Gasteiger partial charge < -0.3 is 34.6 Å². The molecule has 252 valence electrons. The van der Waals surface area contributed by atoms with Gasteiger partial charge in [-0.15, -0.1) is 0 Å². The first kappa shape index (κ1) is 35.9. The third-order valence-electron chi connectivity index (χ3n) is 6.29. The van der Waals surface area contributed by atoms with Gasteiger partial charge in [0, 0.05) is 51.1 Å². The van der Waals surface area contributed by atoms with E-state index in [2.05, 4.69) is 25.3 Å². The fourth-order valence-corrected chi connectivity index (χ4v) is 4.45. The van der Waals surface area contributed by atoms with Crippen LogP contribution < -0.4 is 34.5 Å². The Bertz CT molecular complexity index is 1640. The van der Waals surface area contributed by atoms with E-state index in [-0.39, 0.29) is 53.3 Å². The van der Waals surface area contributed by atoms with E-state index in [1.165, 1.54) is 38.5 Å². The smallest absolute Gasteiger partial charge is 0.421 e. The molecule has 2 aromatic carbocycles. The van der Waals surface area contributed by atoms with Crippen LogP contribution in [-0.2, 0) is 16.2 Å². The monoisotopic (exact) mass is 672 g/mol. The maximum atomic E-state index is 14.0. The highest BCUT2D eigenvalue weighted by Crippen LogP contribution is 2.42. The van der Waals surface area contributed by atoms with Crippen LogP contribution in [0.5, 0.6) is 17.2 Å². The quantitative estimate of drug-likeness (QED) is 0.114. The fraction of sp³-hybridized carbons (Fsp3) is 0.407. The number of likely N-dealkylation sites (N-methyl/N-ethyl adjacent to an activating group) is 2. The summed E-state index contributed by atoms with van der Waals surface area (Å²) in [6.07, 6.45) is -3.29. The van der Waals surface area contributed by atoms with Crippen LogP contribution in [0, 0.1) is 10.1 Å². The van der Waals surface area contributed by atoms with Crippen molar-refractivity contribution in [3.05, 3.63) is 52.2 Å². The number of alkyl halides is 3. The van der Waals surface area contributed by atoms with Gasteiger partial charge in [0.1, 0.15) is 40.9 Å². The molecule has 0 amide bonds. The maximum Gasteiger partial charge on any atom is 0.421 e. The Morgan fingerprint density at radius 2 is 1.67 bits per heavy atom. The molecule has 46 heavy (non-hydrogen) atoms. The van der Waals surface area contributed by atoms with Gasteiger partial charge >= 0.3 is 6.18 Å². The number of aromatic nitrogens is 2. The number of nitro benzene ring substituents is 1. The number of anilines is 5. The number of nitro groups is 1. The minimum atomic E-state index is -4.88. The Morgan fingerprint density at radius 3 is 2.26 bits per heavy atom. The zero-order valence-corrected chi connectivity index (χ0v) is 26.7. The van der Waals surface area contributed by atoms with Gasteiger partial charge in [0.25, 0.3) is 5.69 Å². The largest absolute Gasteiger partial charge is 0.494 e. The lowest BCUT2D eigenvalue weighted by molar-refractivity contribution is -0.384. The van der Waals surface area contributed by atoms with Gasteiger partial charge in [-0.25, -0.2) is 18.1 Å². The lowest BCUT2D eigenvalue weighted by Gasteiger charge is -2.23. The highest BCUT2D eigenvalue weighted by Gasteiger charge is 2.36. The molecule has 3 N–H and O–H groups in total. The van der Waals surface area contributed by atoms with E-state index in [9.17, 15) is 31.7 Å². The Hall–Kier alpha value is -4.62. The third-order valence-corrected chi connectivity index (χ3v) is 7.02. The van der Waals surface area contributed by atoms with Gasteiger partial charge in [-0.3, -0.25) is 10.1 Å². The molecule has 0 aliphatic heterocycles. The second-order valence-corrected chi connectivity index (χ2v) is 11.9. The number of rotatable bonds is 16. The van der Waals surface area contributed by atoms with E-state index in [4.69, 9.17) is 14.2 Å². The van der Waals surface area contributed by atoms with E-state index >= 15 is 0 Å². The number of halogens is 3. The molecule has 0 fully saturated rings. The predicted molar refractivity (Wildman–Crippen MR) is 166 cm³/mol. The molecule has 0 saturated carbocycles. The number of benzene rings is 2. The minimum absolute atomic E-state index is 0.0228. The molecular formula is C27H35F3N8O7S. The number of hydrogen-bond donors (Lipinski definition) is 3. The van der Waals surface area contributed by atoms with E-state index < -0.39 is 32.5 Å². The van der Waals surface area contributed by atoms with Crippen LogP contribution in [0.25, 0.3) is 0 Å². The summed E-state index contributed by atoms with van der Waals surface area (Å²) < 4.78 is 83.0. The number of hydrogen-bond acceptors (Lipinski definition) is 13. The molecule has 0 unspecified atom stereocenters. The Kier molecular flexibility index (Phi) is 11.8. The van der Waals surface area contributed by atoms with Crippen molar-refractivity contribution in [2.24, 2.45) is 0 Å². The molecular weight excluding hydrogens is 637 g/mol. The molecule has 3 rings (SSSR count). The van der Waals surface area contributed by atoms with E-state index in [0.29, 0.717) is 25.0 Å². The minimum Gasteiger partial charge on any atom is -0.494 e. The lowest BCUT2D eigenvalue weighted by Crippen LogP contribution is -2.29. The van der Waals surface area contributed by atoms with E-state index in [0.717, 1.165) is 12.3 Å². The van der Waals surface area contributed by atoms with Crippen LogP contribution in [-0.4, -0.2) is 96.1 Å². The molecule has 19 heteroatoms. The molecule has 15 nitrogen and oxygen atoms in total. The standard InChI is InChI=1S/C27H35F3N8O7S/c1-36(2)10-11-37(3)21-15-24(44-5)20(14-22(21)38(39)40)33-25-18(27(28,29)30)16-31-26(35-25)34-19-8-7-17(13-23(19)43-4)45-12-9-32-46(6,41)42/h7-8,13-16,32H,9-12H2,1-6H3,(H2,31,33,34,35). The summed E-state index contributed by atoms with van der Waals surface area (Å²) in [6, 6.07) is 6.96. The van der Waals surface area contributed by atoms with Gasteiger partial charge in [0.05, 0.1) is 36.8 Å². The van der Waals surface area contributed by atoms with Crippen LogP contribution in [0.3, 0.4) is 0 Å². The van der Waals surface area contributed by atoms with Gasteiger partial charge in [0.15, 0.2) is 0 Å². The van der Waals surface area contributed by atoms with Crippen molar-refractivity contribution in [3.8, 4) is 17.2 Å². The second-order valence-electron chi connectivity index (χ2n) is 10.1. The van der Waals surface area contributed by atoms with Crippen molar-refractivity contribution in [2.45, 2.75) is 6.18 Å². The Labute approximate surface area is 263 Å². The molecule has 1 aromatic heterocycles. The molecule has 1 heterocycles. The first-order chi connectivity index (χ1) is 21.5. The van der Waals surface area contributed by atoms with Crippen molar-refractivity contribution in [1.82, 2.24) is 19.6 Å². The molecule has 0 spiro atoms. The average Bonchev–Trinajstić information content (AvgIpc) is 2.97. The SMILES string of the molecule is COc1cc(OCCNS(C)(=O)=O)ccc1Nc1ncc(C(F)(F)F)c(Nc2cc([N+](=O)[O-])c(N(C)CCN(C)C)cc2OC)n1. The molecule has 0 aliphatic carbocycles. The normalized spacial score (nSPS) is 11.7. The first-order valence-electron chi connectivity index (χ1n) is 13.5. The maximum absolute atomic E-state index is 14.0. The Morgan fingerprint density at radius 1 is 1.00 bits per heavy atom. The predicted octanol–water partition coefficient (Wildman–Crippen LogP) is 3.83. The average molecular weight is 673 g/mol. The number of ether oxygens (including phenoxy) is 3. The zero-order chi connectivity index (χ0) is 34.2. The van der Waals surface area contributed by atoms with Crippen molar-refractivity contribution < 1.29 is 40.7 Å². The van der Waals surface area contributed by atoms with Gasteiger partial charge in [-0.2, -0.15) is 18.2 Å². The highest BCUT2D eigenvalue weighted by atomic mass is 32.2. The van der Waals surface area contributed by atoms with Crippen LogP contribution >= 0.6 is 0 Å². The summed E-state index contributed by atoms with van der Waals surface area (Å²) >= 11 is 0. The van der Waals surface area contributed by atoms with Gasteiger partial charge in [0.2, 0.25) is 16.0 Å². The number of nitrogens with one attached hydrogen (secondary N) is 3. The van der Waals surface area contributed by atoms with Crippen molar-refractivity contribution in [1.29, 1.82) is 0 Å². The fourth-order valence-electron chi connectivity index (χ4n) is 4.00. The summed E-state index contributed by atoms with van der Waals surface area (Å²) in [6.45, 7) is 1.07. The molecule has 0 radical (unpaired) electrons. The summed E-state index contributed by atoms with van der Waals surface area (Å²) in [7, 11) is 4.62. The third kappa shape index (κ3) is 9.94. The molecule has 0 atom stereocenters. The lowest BCUT2D eigenvalue weighted by atomic mass is 10.2. The summed E-state index contributed by atoms with van der Waals surface area (Å²) in [5.74, 6) is -0.352. The summed E-state index contributed by atoms with van der Waals surface area (Å²) in [5, 5.41) is 17.3. The highest BCUT2D eigenvalue weighted by molar-refractivity contribution is 7.88. The van der Waals surface area contributed by atoms with Crippen LogP contribution in [0.2, 0.25) is 0 Å². The van der Waals surface area contributed by atoms with Crippen LogP contribution in [0.15, 0.2) is 36.5 Å². The summed E-state index contributed by atoms with van der Waals surface area (Å²) in [5.41, 5.74) is -1.23. The number of methoxy groups -OCH3 is 2. The van der Waals surface area contributed by atoms with E-state index in [1.807, 2.05) is 19.0 Å². The first-order valence-corrected chi connectivity index (χ1v) is 15.4. The topological polar surface area (TPSA) is 173 Å². The molecule has 0 bridgehead atoms. The van der Waals surface area contributed by atoms with Crippen LogP contribution in [0.1, 0.15) is 5.56 Å². The van der Waals surface area contributed by atoms with Crippen molar-refractivity contribution >= 4 is 44.5 Å². The number of nitrogens with zero attached hydrogens (tertiary/aromatic N) is 5.